The second-order valence-electron chi connectivity index (χ2n) is 7.20. The molecule has 0 aliphatic carbocycles. The average molecular weight is 426 g/mol. The lowest BCUT2D eigenvalue weighted by atomic mass is 10.1. The highest BCUT2D eigenvalue weighted by molar-refractivity contribution is 7.92. The number of ether oxygens (including phenoxy) is 1. The fourth-order valence-corrected chi connectivity index (χ4v) is 4.38. The van der Waals surface area contributed by atoms with Crippen molar-refractivity contribution < 1.29 is 21.9 Å². The molecule has 1 heterocycles. The van der Waals surface area contributed by atoms with Crippen molar-refractivity contribution in [3.63, 3.8) is 0 Å². The minimum Gasteiger partial charge on any atom is -0.435 e. The lowest BCUT2D eigenvalue weighted by Crippen LogP contribution is -2.44. The van der Waals surface area contributed by atoms with Crippen molar-refractivity contribution in [1.29, 1.82) is 0 Å². The van der Waals surface area contributed by atoms with Crippen molar-refractivity contribution in [2.24, 2.45) is 0 Å². The van der Waals surface area contributed by atoms with Crippen molar-refractivity contribution in [2.75, 3.05) is 42.8 Å². The number of rotatable bonds is 6. The Morgan fingerprint density at radius 2 is 1.66 bits per heavy atom. The van der Waals surface area contributed by atoms with E-state index < -0.39 is 16.6 Å². The summed E-state index contributed by atoms with van der Waals surface area (Å²) >= 11 is 0. The molecule has 0 amide bonds. The lowest BCUT2D eigenvalue weighted by Gasteiger charge is -2.35. The molecule has 1 saturated heterocycles. The number of hydrogen-bond acceptors (Lipinski definition) is 5. The highest BCUT2D eigenvalue weighted by atomic mass is 32.2. The molecule has 0 radical (unpaired) electrons. The summed E-state index contributed by atoms with van der Waals surface area (Å²) in [5.74, 6) is -0.106. The van der Waals surface area contributed by atoms with E-state index in [-0.39, 0.29) is 16.3 Å². The van der Waals surface area contributed by atoms with E-state index in [0.29, 0.717) is 5.56 Å². The smallest absolute Gasteiger partial charge is 0.387 e. The number of nitrogens with zero attached hydrogens (tertiary/aromatic N) is 2. The van der Waals surface area contributed by atoms with E-state index in [1.165, 1.54) is 18.2 Å². The first kappa shape index (κ1) is 21.3. The molecular formula is C20H25F2N3O3S. The zero-order valence-corrected chi connectivity index (χ0v) is 17.5. The number of hydrogen-bond donors (Lipinski definition) is 1. The maximum Gasteiger partial charge on any atom is 0.387 e. The summed E-state index contributed by atoms with van der Waals surface area (Å²) in [7, 11) is -1.84. The fourth-order valence-electron chi connectivity index (χ4n) is 3.24. The highest BCUT2D eigenvalue weighted by Gasteiger charge is 2.21. The Morgan fingerprint density at radius 3 is 2.31 bits per heavy atom. The Bertz CT molecular complexity index is 975. The highest BCUT2D eigenvalue weighted by Crippen LogP contribution is 2.29. The molecule has 0 saturated carbocycles. The number of alkyl halides is 2. The molecule has 1 N–H and O–H groups in total. The fraction of sp³-hybridized carbons (Fsp3) is 0.400. The third kappa shape index (κ3) is 5.16. The predicted octanol–water partition coefficient (Wildman–Crippen LogP) is 3.46. The van der Waals surface area contributed by atoms with Crippen LogP contribution < -0.4 is 14.4 Å². The number of halogens is 2. The van der Waals surface area contributed by atoms with Crippen molar-refractivity contribution in [2.45, 2.75) is 25.4 Å². The minimum atomic E-state index is -3.90. The van der Waals surface area contributed by atoms with Gasteiger partial charge in [0.15, 0.2) is 0 Å². The summed E-state index contributed by atoms with van der Waals surface area (Å²) in [6.45, 7) is 4.11. The van der Waals surface area contributed by atoms with Crippen LogP contribution in [0.4, 0.5) is 20.2 Å². The first-order valence-corrected chi connectivity index (χ1v) is 10.8. The van der Waals surface area contributed by atoms with Gasteiger partial charge >= 0.3 is 6.61 Å². The van der Waals surface area contributed by atoms with Gasteiger partial charge in [-0.25, -0.2) is 8.42 Å². The van der Waals surface area contributed by atoms with Gasteiger partial charge in [0.2, 0.25) is 0 Å². The van der Waals surface area contributed by atoms with Crippen LogP contribution in [0.25, 0.3) is 0 Å². The summed E-state index contributed by atoms with van der Waals surface area (Å²) in [6, 6.07) is 9.15. The van der Waals surface area contributed by atoms with Gasteiger partial charge in [-0.1, -0.05) is 12.1 Å². The minimum absolute atomic E-state index is 0.106. The van der Waals surface area contributed by atoms with Crippen LogP contribution in [0, 0.1) is 13.8 Å². The monoisotopic (exact) mass is 425 g/mol. The van der Waals surface area contributed by atoms with Crippen LogP contribution in [-0.2, 0) is 10.0 Å². The standard InChI is InChI=1S/C20H25F2N3O3S/c1-14-4-6-16(28-20(21)22)12-18(14)23-29(26,27)17-7-5-15(2)19(13-17)25-10-8-24(3)9-11-25/h4-7,12-13,20,23H,8-11H2,1-3H3. The number of piperazine rings is 1. The number of aryl methyl sites for hydroxylation is 2. The molecule has 158 valence electrons. The second kappa shape index (κ2) is 8.54. The Labute approximate surface area is 170 Å². The Morgan fingerprint density at radius 1 is 1.00 bits per heavy atom. The SMILES string of the molecule is Cc1ccc(OC(F)F)cc1NS(=O)(=O)c1ccc(C)c(N2CCN(C)CC2)c1. The quantitative estimate of drug-likeness (QED) is 0.768. The maximum atomic E-state index is 13.0. The molecule has 0 atom stereocenters. The van der Waals surface area contributed by atoms with Gasteiger partial charge in [-0.2, -0.15) is 8.78 Å². The van der Waals surface area contributed by atoms with Crippen LogP contribution in [-0.4, -0.2) is 53.2 Å². The third-order valence-electron chi connectivity index (χ3n) is 5.01. The number of nitrogens with one attached hydrogen (secondary N) is 1. The van der Waals surface area contributed by atoms with E-state index >= 15 is 0 Å². The molecule has 6 nitrogen and oxygen atoms in total. The largest absolute Gasteiger partial charge is 0.435 e. The predicted molar refractivity (Wildman–Crippen MR) is 110 cm³/mol. The summed E-state index contributed by atoms with van der Waals surface area (Å²) in [6.07, 6.45) is 0. The number of anilines is 2. The third-order valence-corrected chi connectivity index (χ3v) is 6.38. The van der Waals surface area contributed by atoms with Gasteiger partial charge in [-0.05, 0) is 50.2 Å². The molecule has 1 fully saturated rings. The topological polar surface area (TPSA) is 61.9 Å². The van der Waals surface area contributed by atoms with Gasteiger partial charge in [0.25, 0.3) is 10.0 Å². The van der Waals surface area contributed by atoms with E-state index in [0.717, 1.165) is 37.4 Å². The molecule has 9 heteroatoms. The van der Waals surface area contributed by atoms with Crippen LogP contribution in [0.15, 0.2) is 41.3 Å². The van der Waals surface area contributed by atoms with Crippen molar-refractivity contribution in [3.8, 4) is 5.75 Å². The second-order valence-corrected chi connectivity index (χ2v) is 8.88. The Balaban J connectivity index is 1.87. The molecular weight excluding hydrogens is 400 g/mol. The van der Waals surface area contributed by atoms with Crippen LogP contribution >= 0.6 is 0 Å². The molecule has 29 heavy (non-hydrogen) atoms. The Kier molecular flexibility index (Phi) is 6.28. The molecule has 1 aliphatic rings. The lowest BCUT2D eigenvalue weighted by molar-refractivity contribution is -0.0498. The van der Waals surface area contributed by atoms with Crippen LogP contribution in [0.1, 0.15) is 11.1 Å². The molecule has 0 unspecified atom stereocenters. The van der Waals surface area contributed by atoms with Crippen molar-refractivity contribution >= 4 is 21.4 Å². The van der Waals surface area contributed by atoms with Gasteiger partial charge in [0, 0.05) is 37.9 Å². The molecule has 0 aromatic heterocycles. The zero-order chi connectivity index (χ0) is 21.2. The number of likely N-dealkylation sites (N-methyl/N-ethyl adjacent to an activating group) is 1. The van der Waals surface area contributed by atoms with Gasteiger partial charge in [-0.15, -0.1) is 0 Å². The van der Waals surface area contributed by atoms with Crippen LogP contribution in [0.3, 0.4) is 0 Å². The number of benzene rings is 2. The van der Waals surface area contributed by atoms with Crippen LogP contribution in [0.2, 0.25) is 0 Å². The van der Waals surface area contributed by atoms with E-state index in [9.17, 15) is 17.2 Å². The van der Waals surface area contributed by atoms with E-state index in [1.807, 2.05) is 6.92 Å². The van der Waals surface area contributed by atoms with Gasteiger partial charge in [-0.3, -0.25) is 4.72 Å². The van der Waals surface area contributed by atoms with Crippen molar-refractivity contribution in [1.82, 2.24) is 4.90 Å². The molecule has 3 rings (SSSR count). The van der Waals surface area contributed by atoms with Gasteiger partial charge < -0.3 is 14.5 Å². The molecule has 1 aliphatic heterocycles. The first-order valence-electron chi connectivity index (χ1n) is 9.28. The summed E-state index contributed by atoms with van der Waals surface area (Å²) < 4.78 is 57.7. The Hall–Kier alpha value is -2.39. The summed E-state index contributed by atoms with van der Waals surface area (Å²) in [4.78, 5) is 4.53. The van der Waals surface area contributed by atoms with Crippen molar-refractivity contribution in [3.05, 3.63) is 47.5 Å². The maximum absolute atomic E-state index is 13.0. The molecule has 2 aromatic rings. The zero-order valence-electron chi connectivity index (χ0n) is 16.7. The molecule has 2 aromatic carbocycles. The van der Waals surface area contributed by atoms with E-state index in [4.69, 9.17) is 0 Å². The normalized spacial score (nSPS) is 15.6. The van der Waals surface area contributed by atoms with E-state index in [1.54, 1.807) is 25.1 Å². The summed E-state index contributed by atoms with van der Waals surface area (Å²) in [5.41, 5.74) is 2.68. The molecule has 0 bridgehead atoms. The van der Waals surface area contributed by atoms with E-state index in [2.05, 4.69) is 26.3 Å². The average Bonchev–Trinajstić information content (AvgIpc) is 2.65. The summed E-state index contributed by atoms with van der Waals surface area (Å²) in [5, 5.41) is 0. The molecule has 0 spiro atoms. The van der Waals surface area contributed by atoms with Crippen LogP contribution in [0.5, 0.6) is 5.75 Å². The first-order chi connectivity index (χ1) is 13.7. The van der Waals surface area contributed by atoms with Gasteiger partial charge in [0.1, 0.15) is 5.75 Å². The van der Waals surface area contributed by atoms with Gasteiger partial charge in [0.05, 0.1) is 10.6 Å². The number of sulfonamides is 1.